The van der Waals surface area contributed by atoms with Crippen molar-refractivity contribution in [1.29, 1.82) is 0 Å². The molecular formula is C13H26F2N2O. The molecule has 1 rings (SSSR count). The Morgan fingerprint density at radius 1 is 1.33 bits per heavy atom. The van der Waals surface area contributed by atoms with Gasteiger partial charge in [0, 0.05) is 12.6 Å². The van der Waals surface area contributed by atoms with Crippen molar-refractivity contribution in [3.05, 3.63) is 0 Å². The summed E-state index contributed by atoms with van der Waals surface area (Å²) in [5.41, 5.74) is 0. The molecule has 108 valence electrons. The van der Waals surface area contributed by atoms with Gasteiger partial charge in [-0.3, -0.25) is 0 Å². The van der Waals surface area contributed by atoms with E-state index in [1.807, 2.05) is 6.92 Å². The highest BCUT2D eigenvalue weighted by molar-refractivity contribution is 4.80. The minimum absolute atomic E-state index is 0.0198. The van der Waals surface area contributed by atoms with Crippen LogP contribution in [0.1, 0.15) is 33.1 Å². The molecule has 2 atom stereocenters. The van der Waals surface area contributed by atoms with E-state index >= 15 is 0 Å². The summed E-state index contributed by atoms with van der Waals surface area (Å²) < 4.78 is 24.3. The summed E-state index contributed by atoms with van der Waals surface area (Å²) in [7, 11) is 0. The molecule has 0 aliphatic carbocycles. The van der Waals surface area contributed by atoms with Crippen LogP contribution in [-0.4, -0.2) is 54.8 Å². The van der Waals surface area contributed by atoms with Crippen LogP contribution in [-0.2, 0) is 0 Å². The monoisotopic (exact) mass is 264 g/mol. The van der Waals surface area contributed by atoms with E-state index in [2.05, 4.69) is 17.1 Å². The Balaban J connectivity index is 2.21. The van der Waals surface area contributed by atoms with Crippen LogP contribution in [0.5, 0.6) is 0 Å². The highest BCUT2D eigenvalue weighted by Crippen LogP contribution is 2.20. The summed E-state index contributed by atoms with van der Waals surface area (Å²) in [5, 5.41) is 12.1. The number of rotatable bonds is 7. The lowest BCUT2D eigenvalue weighted by Gasteiger charge is -2.35. The first-order valence-electron chi connectivity index (χ1n) is 6.96. The molecule has 1 fully saturated rings. The van der Waals surface area contributed by atoms with Crippen LogP contribution in [0.3, 0.4) is 0 Å². The molecule has 1 saturated heterocycles. The van der Waals surface area contributed by atoms with Crippen LogP contribution < -0.4 is 5.32 Å². The minimum Gasteiger partial charge on any atom is -0.386 e. The van der Waals surface area contributed by atoms with Gasteiger partial charge in [0.15, 0.2) is 0 Å². The summed E-state index contributed by atoms with van der Waals surface area (Å²) in [5.74, 6) is 0.531. The third-order valence-corrected chi connectivity index (χ3v) is 3.82. The van der Waals surface area contributed by atoms with Crippen molar-refractivity contribution in [2.45, 2.75) is 51.7 Å². The summed E-state index contributed by atoms with van der Waals surface area (Å²) >= 11 is 0. The van der Waals surface area contributed by atoms with Crippen molar-refractivity contribution in [1.82, 2.24) is 10.2 Å². The highest BCUT2D eigenvalue weighted by Gasteiger charge is 2.24. The van der Waals surface area contributed by atoms with Gasteiger partial charge in [0.25, 0.3) is 6.43 Å². The van der Waals surface area contributed by atoms with E-state index in [-0.39, 0.29) is 12.6 Å². The number of halogens is 2. The molecule has 2 N–H and O–H groups in total. The van der Waals surface area contributed by atoms with E-state index in [1.165, 1.54) is 6.42 Å². The third-order valence-electron chi connectivity index (χ3n) is 3.82. The second-order valence-corrected chi connectivity index (χ2v) is 5.28. The fourth-order valence-corrected chi connectivity index (χ4v) is 2.56. The van der Waals surface area contributed by atoms with Crippen LogP contribution in [0.25, 0.3) is 0 Å². The van der Waals surface area contributed by atoms with Gasteiger partial charge in [0.05, 0.1) is 0 Å². The first kappa shape index (κ1) is 15.8. The number of nitrogens with one attached hydrogen (secondary N) is 1. The standard InChI is InChI=1S/C13H26F2N2O/c1-3-6-17-7-4-11(5-8-17)10(2)16-9-12(18)13(14)15/h10-13,16,18H,3-9H2,1-2H3. The molecule has 0 radical (unpaired) electrons. The van der Waals surface area contributed by atoms with Crippen molar-refractivity contribution in [3.63, 3.8) is 0 Å². The second kappa shape index (κ2) is 8.02. The van der Waals surface area contributed by atoms with Gasteiger partial charge in [0.2, 0.25) is 0 Å². The average molecular weight is 264 g/mol. The Bertz CT molecular complexity index is 221. The van der Waals surface area contributed by atoms with Crippen molar-refractivity contribution in [3.8, 4) is 0 Å². The molecule has 5 heteroatoms. The van der Waals surface area contributed by atoms with Crippen LogP contribution in [0, 0.1) is 5.92 Å². The van der Waals surface area contributed by atoms with E-state index in [1.54, 1.807) is 0 Å². The Kier molecular flexibility index (Phi) is 7.04. The average Bonchev–Trinajstić information content (AvgIpc) is 2.36. The molecule has 1 aliphatic heterocycles. The molecule has 18 heavy (non-hydrogen) atoms. The zero-order valence-electron chi connectivity index (χ0n) is 11.4. The summed E-state index contributed by atoms with van der Waals surface area (Å²) in [6.07, 6.45) is -0.805. The zero-order chi connectivity index (χ0) is 13.5. The smallest absolute Gasteiger partial charge is 0.265 e. The normalized spacial score (nSPS) is 22.3. The molecule has 1 aliphatic rings. The molecular weight excluding hydrogens is 238 g/mol. The number of piperidine rings is 1. The number of aliphatic hydroxyl groups is 1. The Hall–Kier alpha value is -0.260. The fourth-order valence-electron chi connectivity index (χ4n) is 2.56. The number of alkyl halides is 2. The number of hydrogen-bond donors (Lipinski definition) is 2. The molecule has 0 bridgehead atoms. The lowest BCUT2D eigenvalue weighted by molar-refractivity contribution is -0.00589. The van der Waals surface area contributed by atoms with E-state index in [9.17, 15) is 8.78 Å². The summed E-state index contributed by atoms with van der Waals surface area (Å²) in [6.45, 7) is 7.54. The molecule has 0 spiro atoms. The molecule has 0 aromatic rings. The van der Waals surface area contributed by atoms with Crippen molar-refractivity contribution in [2.24, 2.45) is 5.92 Å². The van der Waals surface area contributed by atoms with Gasteiger partial charge in [-0.15, -0.1) is 0 Å². The minimum atomic E-state index is -2.66. The fraction of sp³-hybridized carbons (Fsp3) is 1.00. The maximum absolute atomic E-state index is 12.2. The molecule has 0 aromatic carbocycles. The van der Waals surface area contributed by atoms with Gasteiger partial charge in [-0.1, -0.05) is 6.92 Å². The predicted octanol–water partition coefficient (Wildman–Crippen LogP) is 1.71. The second-order valence-electron chi connectivity index (χ2n) is 5.28. The van der Waals surface area contributed by atoms with Crippen molar-refractivity contribution >= 4 is 0 Å². The molecule has 0 saturated carbocycles. The van der Waals surface area contributed by atoms with Gasteiger partial charge >= 0.3 is 0 Å². The zero-order valence-corrected chi connectivity index (χ0v) is 11.4. The molecule has 0 aromatic heterocycles. The quantitative estimate of drug-likeness (QED) is 0.735. The van der Waals surface area contributed by atoms with Crippen LogP contribution in [0.15, 0.2) is 0 Å². The number of hydrogen-bond acceptors (Lipinski definition) is 3. The first-order valence-corrected chi connectivity index (χ1v) is 6.96. The maximum atomic E-state index is 12.2. The van der Waals surface area contributed by atoms with E-state index in [0.717, 1.165) is 32.5 Å². The van der Waals surface area contributed by atoms with Gasteiger partial charge in [0.1, 0.15) is 6.10 Å². The van der Waals surface area contributed by atoms with Crippen LogP contribution >= 0.6 is 0 Å². The van der Waals surface area contributed by atoms with Crippen molar-refractivity contribution in [2.75, 3.05) is 26.2 Å². The van der Waals surface area contributed by atoms with Gasteiger partial charge in [-0.05, 0) is 51.7 Å². The van der Waals surface area contributed by atoms with Gasteiger partial charge in [-0.2, -0.15) is 0 Å². The lowest BCUT2D eigenvalue weighted by Crippen LogP contribution is -2.45. The largest absolute Gasteiger partial charge is 0.386 e. The van der Waals surface area contributed by atoms with Crippen LogP contribution in [0.2, 0.25) is 0 Å². The molecule has 3 nitrogen and oxygen atoms in total. The molecule has 2 unspecified atom stereocenters. The Morgan fingerprint density at radius 3 is 2.44 bits per heavy atom. The maximum Gasteiger partial charge on any atom is 0.265 e. The van der Waals surface area contributed by atoms with Gasteiger partial charge < -0.3 is 15.3 Å². The third kappa shape index (κ3) is 5.16. The number of aliphatic hydroxyl groups excluding tert-OH is 1. The summed E-state index contributed by atoms with van der Waals surface area (Å²) in [4.78, 5) is 2.46. The van der Waals surface area contributed by atoms with E-state index in [0.29, 0.717) is 5.92 Å². The number of nitrogens with zero attached hydrogens (tertiary/aromatic N) is 1. The Labute approximate surface area is 109 Å². The molecule has 1 heterocycles. The van der Waals surface area contributed by atoms with E-state index < -0.39 is 12.5 Å². The topological polar surface area (TPSA) is 35.5 Å². The van der Waals surface area contributed by atoms with Gasteiger partial charge in [-0.25, -0.2) is 8.78 Å². The number of likely N-dealkylation sites (tertiary alicyclic amines) is 1. The SMILES string of the molecule is CCCN1CCC(C(C)NCC(O)C(F)F)CC1. The summed E-state index contributed by atoms with van der Waals surface area (Å²) in [6, 6.07) is 0.196. The highest BCUT2D eigenvalue weighted by atomic mass is 19.3. The van der Waals surface area contributed by atoms with E-state index in [4.69, 9.17) is 5.11 Å². The van der Waals surface area contributed by atoms with Crippen molar-refractivity contribution < 1.29 is 13.9 Å². The van der Waals surface area contributed by atoms with Crippen LogP contribution in [0.4, 0.5) is 8.78 Å². The molecule has 0 amide bonds. The Morgan fingerprint density at radius 2 is 1.94 bits per heavy atom. The lowest BCUT2D eigenvalue weighted by atomic mass is 9.90. The first-order chi connectivity index (χ1) is 8.54. The predicted molar refractivity (Wildman–Crippen MR) is 68.9 cm³/mol.